The van der Waals surface area contributed by atoms with Gasteiger partial charge < -0.3 is 15.8 Å². The second-order valence-corrected chi connectivity index (χ2v) is 6.60. The van der Waals surface area contributed by atoms with Gasteiger partial charge in [0.15, 0.2) is 0 Å². The smallest absolute Gasteiger partial charge is 0.286 e. The number of nitrogens with one attached hydrogen (secondary N) is 1. The highest BCUT2D eigenvalue weighted by Crippen LogP contribution is 2.31. The Hall–Kier alpha value is -3.71. The minimum absolute atomic E-state index is 0.0606. The molecule has 2 aromatic carbocycles. The molecule has 8 heteroatoms. The van der Waals surface area contributed by atoms with Gasteiger partial charge in [0, 0.05) is 23.5 Å². The van der Waals surface area contributed by atoms with Gasteiger partial charge in [-0.25, -0.2) is 9.97 Å². The first-order valence-electron chi connectivity index (χ1n) is 8.75. The van der Waals surface area contributed by atoms with Gasteiger partial charge in [-0.05, 0) is 48.0 Å². The summed E-state index contributed by atoms with van der Waals surface area (Å²) in [6.07, 6.45) is 3.42. The molecule has 0 bridgehead atoms. The van der Waals surface area contributed by atoms with Crippen molar-refractivity contribution in [2.24, 2.45) is 5.73 Å². The first-order chi connectivity index (χ1) is 14.1. The van der Waals surface area contributed by atoms with E-state index >= 15 is 0 Å². The number of carbonyl (C=O) groups is 1. The Labute approximate surface area is 171 Å². The number of hydrogen-bond donors (Lipinski definition) is 2. The Morgan fingerprint density at radius 1 is 1.07 bits per heavy atom. The third-order valence-electron chi connectivity index (χ3n) is 4.16. The van der Waals surface area contributed by atoms with Crippen LogP contribution in [0.4, 0.5) is 11.5 Å². The van der Waals surface area contributed by atoms with Crippen LogP contribution in [0.15, 0.2) is 67.0 Å². The number of rotatable bonds is 6. The monoisotopic (exact) mass is 405 g/mol. The average Bonchev–Trinajstić information content (AvgIpc) is 2.74. The van der Waals surface area contributed by atoms with Gasteiger partial charge in [0.1, 0.15) is 18.2 Å². The number of fused-ring (bicyclic) bond motifs is 1. The number of pyridine rings is 1. The molecule has 7 nitrogen and oxygen atoms in total. The van der Waals surface area contributed by atoms with Crippen LogP contribution in [0, 0.1) is 0 Å². The second kappa shape index (κ2) is 8.12. The molecule has 4 aromatic rings. The second-order valence-electron chi connectivity index (χ2n) is 6.19. The highest BCUT2D eigenvalue weighted by molar-refractivity contribution is 6.32. The third kappa shape index (κ3) is 4.25. The van der Waals surface area contributed by atoms with E-state index in [1.807, 2.05) is 36.4 Å². The van der Waals surface area contributed by atoms with Gasteiger partial charge >= 0.3 is 0 Å². The van der Waals surface area contributed by atoms with Crippen molar-refractivity contribution in [1.82, 2.24) is 15.0 Å². The zero-order valence-electron chi connectivity index (χ0n) is 15.2. The number of nitrogens with two attached hydrogens (primary N) is 1. The van der Waals surface area contributed by atoms with Gasteiger partial charge in [-0.1, -0.05) is 23.7 Å². The van der Waals surface area contributed by atoms with E-state index in [1.165, 1.54) is 0 Å². The van der Waals surface area contributed by atoms with Crippen LogP contribution in [-0.2, 0) is 6.61 Å². The van der Waals surface area contributed by atoms with Crippen molar-refractivity contribution in [3.05, 3.63) is 83.4 Å². The lowest BCUT2D eigenvalue weighted by molar-refractivity contribution is 0.0991. The topological polar surface area (TPSA) is 103 Å². The number of nitrogens with zero attached hydrogens (tertiary/aromatic N) is 3. The number of para-hydroxylation sites is 1. The zero-order valence-corrected chi connectivity index (χ0v) is 15.9. The van der Waals surface area contributed by atoms with Crippen molar-refractivity contribution in [2.45, 2.75) is 6.61 Å². The van der Waals surface area contributed by atoms with Crippen LogP contribution in [0.2, 0.25) is 5.02 Å². The van der Waals surface area contributed by atoms with Crippen LogP contribution in [0.3, 0.4) is 0 Å². The van der Waals surface area contributed by atoms with Gasteiger partial charge in [-0.15, -0.1) is 0 Å². The summed E-state index contributed by atoms with van der Waals surface area (Å²) >= 11 is 6.38. The lowest BCUT2D eigenvalue weighted by Gasteiger charge is -2.12. The third-order valence-corrected chi connectivity index (χ3v) is 4.46. The first-order valence-corrected chi connectivity index (χ1v) is 9.13. The normalized spacial score (nSPS) is 10.7. The predicted molar refractivity (Wildman–Crippen MR) is 111 cm³/mol. The molecule has 0 spiro atoms. The van der Waals surface area contributed by atoms with Crippen LogP contribution >= 0.6 is 11.6 Å². The van der Waals surface area contributed by atoms with E-state index in [2.05, 4.69) is 20.3 Å². The van der Waals surface area contributed by atoms with Gasteiger partial charge in [-0.2, -0.15) is 0 Å². The van der Waals surface area contributed by atoms with Crippen molar-refractivity contribution in [3.8, 4) is 5.75 Å². The fraction of sp³-hybridized carbons (Fsp3) is 0.0476. The molecule has 29 heavy (non-hydrogen) atoms. The quantitative estimate of drug-likeness (QED) is 0.500. The standard InChI is InChI=1S/C21H16ClN5O2/c22-16-11-14(5-6-18(16)29-12-13-7-9-24-10-8-13)25-20-15-3-1-2-4-17(15)26-21(27-20)19(23)28/h1-11H,12H2,(H2,23,28)(H,25,26,27). The lowest BCUT2D eigenvalue weighted by atomic mass is 10.2. The van der Waals surface area contributed by atoms with Crippen molar-refractivity contribution < 1.29 is 9.53 Å². The molecule has 3 N–H and O–H groups in total. The molecule has 0 atom stereocenters. The van der Waals surface area contributed by atoms with Gasteiger partial charge in [0.05, 0.1) is 10.5 Å². The summed E-state index contributed by atoms with van der Waals surface area (Å²) in [5.74, 6) is 0.261. The summed E-state index contributed by atoms with van der Waals surface area (Å²) in [4.78, 5) is 24.0. The van der Waals surface area contributed by atoms with E-state index in [0.717, 1.165) is 10.9 Å². The van der Waals surface area contributed by atoms with E-state index in [0.29, 0.717) is 34.4 Å². The SMILES string of the molecule is NC(=O)c1nc(Nc2ccc(OCc3ccncc3)c(Cl)c2)c2ccccc2n1. The molecular formula is C21H16ClN5O2. The van der Waals surface area contributed by atoms with Crippen molar-refractivity contribution in [1.29, 1.82) is 0 Å². The Morgan fingerprint density at radius 3 is 2.62 bits per heavy atom. The molecule has 0 saturated heterocycles. The summed E-state index contributed by atoms with van der Waals surface area (Å²) in [6, 6.07) is 16.4. The number of amides is 1. The molecule has 0 radical (unpaired) electrons. The maximum atomic E-state index is 11.6. The molecule has 0 aliphatic rings. The van der Waals surface area contributed by atoms with Crippen LogP contribution in [0.5, 0.6) is 5.75 Å². The Balaban J connectivity index is 1.58. The number of halogens is 1. The summed E-state index contributed by atoms with van der Waals surface area (Å²) in [5.41, 5.74) is 7.65. The molecule has 4 rings (SSSR count). The molecular weight excluding hydrogens is 390 g/mol. The molecule has 0 aliphatic heterocycles. The first kappa shape index (κ1) is 18.6. The highest BCUT2D eigenvalue weighted by Gasteiger charge is 2.12. The van der Waals surface area contributed by atoms with Gasteiger partial charge in [0.2, 0.25) is 5.82 Å². The summed E-state index contributed by atoms with van der Waals surface area (Å²) in [6.45, 7) is 0.382. The Bertz CT molecular complexity index is 1180. The van der Waals surface area contributed by atoms with Crippen molar-refractivity contribution >= 4 is 39.9 Å². The Kier molecular flexibility index (Phi) is 5.22. The molecule has 0 saturated carbocycles. The zero-order chi connectivity index (χ0) is 20.2. The van der Waals surface area contributed by atoms with E-state index in [-0.39, 0.29) is 5.82 Å². The number of hydrogen-bond acceptors (Lipinski definition) is 6. The number of anilines is 2. The van der Waals surface area contributed by atoms with E-state index < -0.39 is 5.91 Å². The van der Waals surface area contributed by atoms with Crippen LogP contribution in [-0.4, -0.2) is 20.9 Å². The van der Waals surface area contributed by atoms with E-state index in [4.69, 9.17) is 22.1 Å². The fourth-order valence-corrected chi connectivity index (χ4v) is 2.99. The minimum atomic E-state index is -0.698. The van der Waals surface area contributed by atoms with Crippen LogP contribution in [0.25, 0.3) is 10.9 Å². The average molecular weight is 406 g/mol. The molecule has 2 aromatic heterocycles. The highest BCUT2D eigenvalue weighted by atomic mass is 35.5. The van der Waals surface area contributed by atoms with Crippen LogP contribution in [0.1, 0.15) is 16.2 Å². The predicted octanol–water partition coefficient (Wildman–Crippen LogP) is 4.10. The molecule has 0 aliphatic carbocycles. The Morgan fingerprint density at radius 2 is 1.86 bits per heavy atom. The lowest BCUT2D eigenvalue weighted by Crippen LogP contribution is -2.16. The maximum Gasteiger partial charge on any atom is 0.286 e. The van der Waals surface area contributed by atoms with Crippen LogP contribution < -0.4 is 15.8 Å². The number of aromatic nitrogens is 3. The fourth-order valence-electron chi connectivity index (χ4n) is 2.75. The molecule has 0 unspecified atom stereocenters. The van der Waals surface area contributed by atoms with Crippen molar-refractivity contribution in [3.63, 3.8) is 0 Å². The number of carbonyl (C=O) groups excluding carboxylic acids is 1. The molecule has 1 amide bonds. The molecule has 144 valence electrons. The van der Waals surface area contributed by atoms with E-state index in [1.54, 1.807) is 30.6 Å². The van der Waals surface area contributed by atoms with Gasteiger partial charge in [0.25, 0.3) is 5.91 Å². The van der Waals surface area contributed by atoms with Gasteiger partial charge in [-0.3, -0.25) is 9.78 Å². The summed E-state index contributed by atoms with van der Waals surface area (Å²) in [5, 5.41) is 4.38. The maximum absolute atomic E-state index is 11.6. The number of primary amides is 1. The summed E-state index contributed by atoms with van der Waals surface area (Å²) < 4.78 is 5.77. The molecule has 2 heterocycles. The number of benzene rings is 2. The summed E-state index contributed by atoms with van der Waals surface area (Å²) in [7, 11) is 0. The molecule has 0 fully saturated rings. The number of ether oxygens (including phenoxy) is 1. The minimum Gasteiger partial charge on any atom is -0.487 e. The van der Waals surface area contributed by atoms with Crippen molar-refractivity contribution in [2.75, 3.05) is 5.32 Å². The van der Waals surface area contributed by atoms with E-state index in [9.17, 15) is 4.79 Å². The largest absolute Gasteiger partial charge is 0.487 e.